The van der Waals surface area contributed by atoms with Crippen LogP contribution in [0.2, 0.25) is 0 Å². The molecule has 3 nitrogen and oxygen atoms in total. The lowest BCUT2D eigenvalue weighted by Crippen LogP contribution is -2.44. The van der Waals surface area contributed by atoms with Crippen molar-refractivity contribution in [1.82, 2.24) is 0 Å². The highest BCUT2D eigenvalue weighted by molar-refractivity contribution is 6.03. The normalized spacial score (nSPS) is 15.2. The number of hydrogen-bond donors (Lipinski definition) is 1. The van der Waals surface area contributed by atoms with Gasteiger partial charge in [0.05, 0.1) is 17.9 Å². The maximum absolute atomic E-state index is 11.9. The van der Waals surface area contributed by atoms with Gasteiger partial charge in [-0.1, -0.05) is 19.9 Å². The van der Waals surface area contributed by atoms with E-state index in [2.05, 4.69) is 37.4 Å². The van der Waals surface area contributed by atoms with Gasteiger partial charge in [0.2, 0.25) is 5.91 Å². The van der Waals surface area contributed by atoms with Crippen molar-refractivity contribution in [3.8, 4) is 0 Å². The maximum atomic E-state index is 11.9. The van der Waals surface area contributed by atoms with E-state index in [4.69, 9.17) is 0 Å². The Hall–Kier alpha value is -1.51. The van der Waals surface area contributed by atoms with Crippen molar-refractivity contribution in [3.05, 3.63) is 23.8 Å². The molecule has 0 unspecified atom stereocenters. The van der Waals surface area contributed by atoms with Gasteiger partial charge < -0.3 is 10.2 Å². The van der Waals surface area contributed by atoms with E-state index < -0.39 is 0 Å². The molecule has 0 spiro atoms. The molecule has 1 aliphatic heterocycles. The molecular formula is C14H20N2O. The lowest BCUT2D eigenvalue weighted by atomic mass is 10.0. The zero-order valence-corrected chi connectivity index (χ0v) is 10.9. The standard InChI is InChI=1S/C14H20N2O/c1-9(2)11-5-6-13-12(7-11)15-8-14(17)16(13)10(3)4/h5-7,9-10,15H,8H2,1-4H3. The van der Waals surface area contributed by atoms with Crippen LogP contribution in [0.5, 0.6) is 0 Å². The van der Waals surface area contributed by atoms with E-state index in [-0.39, 0.29) is 11.9 Å². The van der Waals surface area contributed by atoms with E-state index in [0.29, 0.717) is 12.5 Å². The van der Waals surface area contributed by atoms with Gasteiger partial charge >= 0.3 is 0 Å². The monoisotopic (exact) mass is 232 g/mol. The molecule has 1 heterocycles. The number of carbonyl (C=O) groups excluding carboxylic acids is 1. The molecule has 0 saturated carbocycles. The Labute approximate surface area is 103 Å². The van der Waals surface area contributed by atoms with Gasteiger partial charge in [0.25, 0.3) is 0 Å². The molecule has 1 aliphatic rings. The molecule has 0 aliphatic carbocycles. The number of rotatable bonds is 2. The third-order valence-corrected chi connectivity index (χ3v) is 3.16. The SMILES string of the molecule is CC(C)c1ccc2c(c1)NCC(=O)N2C(C)C. The van der Waals surface area contributed by atoms with Crippen molar-refractivity contribution >= 4 is 17.3 Å². The number of nitrogens with zero attached hydrogens (tertiary/aromatic N) is 1. The highest BCUT2D eigenvalue weighted by Crippen LogP contribution is 2.33. The third kappa shape index (κ3) is 2.14. The first kappa shape index (κ1) is 12.0. The van der Waals surface area contributed by atoms with Crippen LogP contribution in [-0.2, 0) is 4.79 Å². The minimum atomic E-state index is 0.143. The van der Waals surface area contributed by atoms with Crippen molar-refractivity contribution in [2.75, 3.05) is 16.8 Å². The fourth-order valence-electron chi connectivity index (χ4n) is 2.22. The fraction of sp³-hybridized carbons (Fsp3) is 0.500. The summed E-state index contributed by atoms with van der Waals surface area (Å²) in [5, 5.41) is 3.20. The first-order valence-electron chi connectivity index (χ1n) is 6.20. The summed E-state index contributed by atoms with van der Waals surface area (Å²) in [5.74, 6) is 0.650. The van der Waals surface area contributed by atoms with Crippen LogP contribution in [0.3, 0.4) is 0 Å². The molecule has 0 radical (unpaired) electrons. The van der Waals surface area contributed by atoms with Gasteiger partial charge in [-0.15, -0.1) is 0 Å². The summed E-state index contributed by atoms with van der Waals surface area (Å²) in [5.41, 5.74) is 3.37. The summed E-state index contributed by atoms with van der Waals surface area (Å²) < 4.78 is 0. The molecule has 1 N–H and O–H groups in total. The highest BCUT2D eigenvalue weighted by Gasteiger charge is 2.26. The predicted molar refractivity (Wildman–Crippen MR) is 71.6 cm³/mol. The van der Waals surface area contributed by atoms with E-state index >= 15 is 0 Å². The second-order valence-electron chi connectivity index (χ2n) is 5.14. The molecule has 1 amide bonds. The fourth-order valence-corrected chi connectivity index (χ4v) is 2.22. The number of hydrogen-bond acceptors (Lipinski definition) is 2. The number of fused-ring (bicyclic) bond motifs is 1. The summed E-state index contributed by atoms with van der Waals surface area (Å²) in [6.07, 6.45) is 0. The van der Waals surface area contributed by atoms with Gasteiger partial charge in [0, 0.05) is 6.04 Å². The van der Waals surface area contributed by atoms with E-state index in [1.165, 1.54) is 5.56 Å². The number of anilines is 2. The average Bonchev–Trinajstić information content (AvgIpc) is 2.27. The van der Waals surface area contributed by atoms with Crippen LogP contribution in [0.15, 0.2) is 18.2 Å². The molecule has 1 aromatic rings. The van der Waals surface area contributed by atoms with Crippen molar-refractivity contribution in [2.45, 2.75) is 39.7 Å². The zero-order valence-electron chi connectivity index (χ0n) is 10.9. The van der Waals surface area contributed by atoms with Gasteiger partial charge in [0.15, 0.2) is 0 Å². The molecule has 0 atom stereocenters. The number of amides is 1. The van der Waals surface area contributed by atoms with Gasteiger partial charge in [-0.3, -0.25) is 4.79 Å². The van der Waals surface area contributed by atoms with Gasteiger partial charge in [0.1, 0.15) is 0 Å². The van der Waals surface area contributed by atoms with Crippen molar-refractivity contribution in [1.29, 1.82) is 0 Å². The summed E-state index contributed by atoms with van der Waals surface area (Å²) in [6.45, 7) is 8.84. The first-order chi connectivity index (χ1) is 8.00. The van der Waals surface area contributed by atoms with Crippen LogP contribution in [0, 0.1) is 0 Å². The average molecular weight is 232 g/mol. The first-order valence-corrected chi connectivity index (χ1v) is 6.20. The third-order valence-electron chi connectivity index (χ3n) is 3.16. The predicted octanol–water partition coefficient (Wildman–Crippen LogP) is 2.98. The van der Waals surface area contributed by atoms with Crippen LogP contribution < -0.4 is 10.2 Å². The molecule has 0 saturated heterocycles. The topological polar surface area (TPSA) is 32.3 Å². The summed E-state index contributed by atoms with van der Waals surface area (Å²) in [7, 11) is 0. The van der Waals surface area contributed by atoms with E-state index in [0.717, 1.165) is 11.4 Å². The molecule has 0 aromatic heterocycles. The van der Waals surface area contributed by atoms with Gasteiger partial charge in [-0.2, -0.15) is 0 Å². The highest BCUT2D eigenvalue weighted by atomic mass is 16.2. The Balaban J connectivity index is 2.44. The second kappa shape index (κ2) is 4.40. The lowest BCUT2D eigenvalue weighted by molar-refractivity contribution is -0.117. The van der Waals surface area contributed by atoms with Crippen molar-refractivity contribution in [3.63, 3.8) is 0 Å². The molecule has 0 fully saturated rings. The molecule has 0 bridgehead atoms. The molecular weight excluding hydrogens is 212 g/mol. The van der Waals surface area contributed by atoms with E-state index in [1.807, 2.05) is 18.7 Å². The van der Waals surface area contributed by atoms with E-state index in [1.54, 1.807) is 0 Å². The Bertz CT molecular complexity index is 438. The van der Waals surface area contributed by atoms with E-state index in [9.17, 15) is 4.79 Å². The maximum Gasteiger partial charge on any atom is 0.246 e. The Morgan fingerprint density at radius 3 is 2.53 bits per heavy atom. The molecule has 3 heteroatoms. The number of benzene rings is 1. The molecule has 92 valence electrons. The van der Waals surface area contributed by atoms with Gasteiger partial charge in [-0.25, -0.2) is 0 Å². The van der Waals surface area contributed by atoms with Crippen LogP contribution in [-0.4, -0.2) is 18.5 Å². The van der Waals surface area contributed by atoms with Crippen molar-refractivity contribution < 1.29 is 4.79 Å². The van der Waals surface area contributed by atoms with Crippen LogP contribution in [0.25, 0.3) is 0 Å². The van der Waals surface area contributed by atoms with Gasteiger partial charge in [-0.05, 0) is 37.5 Å². The largest absolute Gasteiger partial charge is 0.374 e. The summed E-state index contributed by atoms with van der Waals surface area (Å²) in [6, 6.07) is 6.52. The number of nitrogens with one attached hydrogen (secondary N) is 1. The molecule has 2 rings (SSSR count). The lowest BCUT2D eigenvalue weighted by Gasteiger charge is -2.33. The Morgan fingerprint density at radius 2 is 1.94 bits per heavy atom. The minimum absolute atomic E-state index is 0.143. The summed E-state index contributed by atoms with van der Waals surface area (Å²) >= 11 is 0. The zero-order chi connectivity index (χ0) is 12.6. The van der Waals surface area contributed by atoms with Crippen LogP contribution >= 0.6 is 0 Å². The minimum Gasteiger partial charge on any atom is -0.374 e. The second-order valence-corrected chi connectivity index (χ2v) is 5.14. The number of carbonyl (C=O) groups is 1. The summed E-state index contributed by atoms with van der Waals surface area (Å²) in [4.78, 5) is 13.8. The van der Waals surface area contributed by atoms with Crippen molar-refractivity contribution in [2.24, 2.45) is 0 Å². The quantitative estimate of drug-likeness (QED) is 0.850. The van der Waals surface area contributed by atoms with Crippen LogP contribution in [0.4, 0.5) is 11.4 Å². The van der Waals surface area contributed by atoms with Crippen LogP contribution in [0.1, 0.15) is 39.2 Å². The Morgan fingerprint density at radius 1 is 1.24 bits per heavy atom. The molecule has 1 aromatic carbocycles. The molecule has 17 heavy (non-hydrogen) atoms. The smallest absolute Gasteiger partial charge is 0.246 e. The Kier molecular flexibility index (Phi) is 3.09.